The molecule has 0 saturated carbocycles. The maximum absolute atomic E-state index is 9.20. The summed E-state index contributed by atoms with van der Waals surface area (Å²) in [6.45, 7) is 0. The zero-order chi connectivity index (χ0) is 9.00. The van der Waals surface area contributed by atoms with Gasteiger partial charge >= 0.3 is 59.1 Å². The third-order valence-corrected chi connectivity index (χ3v) is 2.25. The predicted octanol–water partition coefficient (Wildman–Crippen LogP) is -9.18. The average molecular weight is 238 g/mol. The van der Waals surface area contributed by atoms with E-state index in [9.17, 15) is 25.9 Å². The molecule has 0 saturated heterocycles. The van der Waals surface area contributed by atoms with Crippen molar-refractivity contribution >= 4 is 18.3 Å². The molecule has 64 valence electrons. The second-order valence-electron chi connectivity index (χ2n) is 0.816. The van der Waals surface area contributed by atoms with Gasteiger partial charge in [0.1, 0.15) is 0 Å². The summed E-state index contributed by atoms with van der Waals surface area (Å²) in [6, 6.07) is 0. The average Bonchev–Trinajstić information content (AvgIpc) is 1.66. The van der Waals surface area contributed by atoms with E-state index in [1.165, 1.54) is 0 Å². The van der Waals surface area contributed by atoms with Crippen LogP contribution in [0, 0.1) is 0 Å². The van der Waals surface area contributed by atoms with Gasteiger partial charge in [-0.3, -0.25) is 11.7 Å². The van der Waals surface area contributed by atoms with Gasteiger partial charge in [0.2, 0.25) is 0 Å². The summed E-state index contributed by atoms with van der Waals surface area (Å²) in [5, 5.41) is 0. The topological polar surface area (TPSA) is 166 Å². The van der Waals surface area contributed by atoms with Crippen molar-refractivity contribution in [3.8, 4) is 0 Å². The number of hydrogen-bond acceptors (Lipinski definition) is 8. The van der Waals surface area contributed by atoms with Crippen LogP contribution in [-0.2, 0) is 18.3 Å². The van der Waals surface area contributed by atoms with E-state index < -0.39 is 18.3 Å². The van der Waals surface area contributed by atoms with Crippen LogP contribution in [0.25, 0.3) is 0 Å². The summed E-state index contributed by atoms with van der Waals surface area (Å²) in [7, 11) is -11.3. The monoisotopic (exact) mass is 238 g/mol. The van der Waals surface area contributed by atoms with E-state index in [-0.39, 0.29) is 59.1 Å². The van der Waals surface area contributed by atoms with E-state index in [1.807, 2.05) is 0 Å². The number of hydrazine groups is 1. The minimum Gasteiger partial charge on any atom is -0.736 e. The number of rotatable bonds is 1. The van der Waals surface area contributed by atoms with E-state index in [4.69, 9.17) is 0 Å². The molecule has 12 heavy (non-hydrogen) atoms. The van der Waals surface area contributed by atoms with Crippen LogP contribution in [0.15, 0.2) is 0 Å². The summed E-state index contributed by atoms with van der Waals surface area (Å²) >= 11 is 0. The summed E-state index contributed by atoms with van der Waals surface area (Å²) in [5.41, 5.74) is 0. The zero-order valence-electron chi connectivity index (χ0n) is 6.42. The maximum Gasteiger partial charge on any atom is 1.00 e. The standard InChI is InChI=1S/H4N2.2Na.H2O6S2/c1-2;;;1-7(2,3)8(4,5)6/h1-2H2;;;(H,1,2,3)(H,4,5,6)/q;2*+1;/p-2. The van der Waals surface area contributed by atoms with Crippen LogP contribution in [0.2, 0.25) is 0 Å². The van der Waals surface area contributed by atoms with E-state index in [0.29, 0.717) is 0 Å². The summed E-state index contributed by atoms with van der Waals surface area (Å²) in [6.07, 6.45) is 0. The van der Waals surface area contributed by atoms with Gasteiger partial charge in [-0.15, -0.1) is 0 Å². The molecule has 0 unspecified atom stereocenters. The first-order valence-electron chi connectivity index (χ1n) is 1.50. The Morgan fingerprint density at radius 2 is 0.833 bits per heavy atom. The number of nitrogens with two attached hydrogens (primary N) is 2. The summed E-state index contributed by atoms with van der Waals surface area (Å²) in [4.78, 5) is 0. The van der Waals surface area contributed by atoms with Crippen LogP contribution in [0.5, 0.6) is 0 Å². The van der Waals surface area contributed by atoms with Gasteiger partial charge in [-0.05, 0) is 0 Å². The largest absolute Gasteiger partial charge is 1.00 e. The van der Waals surface area contributed by atoms with Crippen molar-refractivity contribution in [3.63, 3.8) is 0 Å². The van der Waals surface area contributed by atoms with Crippen LogP contribution >= 0.6 is 0 Å². The Morgan fingerprint density at radius 3 is 0.833 bits per heavy atom. The molecule has 12 heteroatoms. The zero-order valence-corrected chi connectivity index (χ0v) is 12.1. The minimum atomic E-state index is -5.67. The Labute approximate surface area is 114 Å². The van der Waals surface area contributed by atoms with Crippen molar-refractivity contribution in [2.24, 2.45) is 11.7 Å². The fraction of sp³-hybridized carbons (Fsp3) is 0. The molecule has 0 aliphatic heterocycles. The molecule has 8 nitrogen and oxygen atoms in total. The molecule has 0 heterocycles. The Kier molecular flexibility index (Phi) is 18.2. The maximum atomic E-state index is 9.20. The van der Waals surface area contributed by atoms with Crippen molar-refractivity contribution in [1.29, 1.82) is 0 Å². The molecule has 0 spiro atoms. The Morgan fingerprint density at radius 1 is 0.750 bits per heavy atom. The molecule has 0 aromatic rings. The van der Waals surface area contributed by atoms with Gasteiger partial charge in [0.05, 0.1) is 0 Å². The van der Waals surface area contributed by atoms with Crippen molar-refractivity contribution in [2.45, 2.75) is 0 Å². The van der Waals surface area contributed by atoms with Gasteiger partial charge < -0.3 is 9.11 Å². The smallest absolute Gasteiger partial charge is 0.736 e. The Bertz CT molecular complexity index is 234. The molecule has 4 N–H and O–H groups in total. The third kappa shape index (κ3) is 11.7. The van der Waals surface area contributed by atoms with Gasteiger partial charge in [-0.25, -0.2) is 16.8 Å². The molecule has 0 rings (SSSR count). The number of hydrogen-bond donors (Lipinski definition) is 2. The summed E-state index contributed by atoms with van der Waals surface area (Å²) in [5.74, 6) is 8.00. The first-order chi connectivity index (χ1) is 4.25. The Balaban J connectivity index is -0.0000000740. The molecule has 0 aromatic carbocycles. The van der Waals surface area contributed by atoms with Gasteiger partial charge in [0.25, 0.3) is 0 Å². The van der Waals surface area contributed by atoms with E-state index in [1.54, 1.807) is 0 Å². The van der Waals surface area contributed by atoms with Crippen LogP contribution in [0.1, 0.15) is 0 Å². The van der Waals surface area contributed by atoms with Gasteiger partial charge in [0, 0.05) is 0 Å². The molecule has 0 amide bonds. The molecule has 0 aromatic heterocycles. The second-order valence-corrected chi connectivity index (χ2v) is 4.90. The van der Waals surface area contributed by atoms with Crippen LogP contribution in [0.4, 0.5) is 0 Å². The molecule has 0 aliphatic carbocycles. The van der Waals surface area contributed by atoms with Gasteiger partial charge in [0.15, 0.2) is 18.3 Å². The van der Waals surface area contributed by atoms with Gasteiger partial charge in [-0.1, -0.05) is 0 Å². The normalized spacial score (nSPS) is 9.67. The molecule has 0 radical (unpaired) electrons. The van der Waals surface area contributed by atoms with Crippen molar-refractivity contribution in [3.05, 3.63) is 0 Å². The van der Waals surface area contributed by atoms with Gasteiger partial charge in [-0.2, -0.15) is 0 Å². The van der Waals surface area contributed by atoms with E-state index in [0.717, 1.165) is 0 Å². The van der Waals surface area contributed by atoms with Crippen molar-refractivity contribution < 1.29 is 85.1 Å². The molecule has 0 aliphatic rings. The first-order valence-corrected chi connectivity index (χ1v) is 4.83. The molecule has 0 atom stereocenters. The fourth-order valence-corrected chi connectivity index (χ4v) is 0. The van der Waals surface area contributed by atoms with E-state index >= 15 is 0 Å². The van der Waals surface area contributed by atoms with Crippen LogP contribution < -0.4 is 70.8 Å². The molecule has 0 fully saturated rings. The predicted molar refractivity (Wildman–Crippen MR) is 27.8 cm³/mol. The third-order valence-electron chi connectivity index (χ3n) is 0.250. The van der Waals surface area contributed by atoms with Crippen LogP contribution in [0.3, 0.4) is 0 Å². The Hall–Kier alpha value is 1.74. The first kappa shape index (κ1) is 23.5. The minimum absolute atomic E-state index is 0. The summed E-state index contributed by atoms with van der Waals surface area (Å²) < 4.78 is 55.2. The fourth-order valence-electron chi connectivity index (χ4n) is 0. The quantitative estimate of drug-likeness (QED) is 0.149. The second kappa shape index (κ2) is 9.30. The SMILES string of the molecule is NN.O=S(=O)([O-])S(=O)(=O)[O-].[Na+].[Na+]. The van der Waals surface area contributed by atoms with Crippen molar-refractivity contribution in [2.75, 3.05) is 0 Å². The van der Waals surface area contributed by atoms with E-state index in [2.05, 4.69) is 11.7 Å². The molecule has 0 bridgehead atoms. The van der Waals surface area contributed by atoms with Crippen LogP contribution in [-0.4, -0.2) is 25.9 Å². The molecular weight excluding hydrogens is 234 g/mol. The van der Waals surface area contributed by atoms with Crippen molar-refractivity contribution in [1.82, 2.24) is 0 Å². The molecular formula is H4N2Na2O6S2.